The number of anilines is 1. The zero-order chi connectivity index (χ0) is 17.6. The van der Waals surface area contributed by atoms with Gasteiger partial charge in [0.1, 0.15) is 0 Å². The molecule has 4 heterocycles. The Hall–Kier alpha value is -2.42. The van der Waals surface area contributed by atoms with Crippen LogP contribution < -0.4 is 5.32 Å². The van der Waals surface area contributed by atoms with Crippen molar-refractivity contribution in [3.05, 3.63) is 42.3 Å². The predicted octanol–water partition coefficient (Wildman–Crippen LogP) is 2.41. The van der Waals surface area contributed by atoms with E-state index in [0.717, 1.165) is 61.2 Å². The number of hydrogen-bond acceptors (Lipinski definition) is 8. The summed E-state index contributed by atoms with van der Waals surface area (Å²) in [5.41, 5.74) is 2.54. The first kappa shape index (κ1) is 17.0. The fourth-order valence-electron chi connectivity index (χ4n) is 2.84. The second-order valence-electron chi connectivity index (χ2n) is 5.90. The summed E-state index contributed by atoms with van der Waals surface area (Å²) in [4.78, 5) is 21.3. The Balaban J connectivity index is 1.52. The van der Waals surface area contributed by atoms with Crippen LogP contribution in [0, 0.1) is 0 Å². The molecular weight excluding hydrogens is 348 g/mol. The molecule has 4 rings (SSSR count). The van der Waals surface area contributed by atoms with E-state index in [1.807, 2.05) is 17.6 Å². The van der Waals surface area contributed by atoms with Crippen LogP contribution in [-0.2, 0) is 4.74 Å². The summed E-state index contributed by atoms with van der Waals surface area (Å²) in [5, 5.41) is 5.38. The third kappa shape index (κ3) is 4.04. The molecule has 7 nitrogen and oxygen atoms in total. The smallest absolute Gasteiger partial charge is 0.223 e. The van der Waals surface area contributed by atoms with Gasteiger partial charge in [0.15, 0.2) is 0 Å². The number of ether oxygens (including phenoxy) is 1. The highest BCUT2D eigenvalue weighted by Gasteiger charge is 2.14. The van der Waals surface area contributed by atoms with Crippen LogP contribution in [0.1, 0.15) is 0 Å². The minimum absolute atomic E-state index is 0.634. The predicted molar refractivity (Wildman–Crippen MR) is 102 cm³/mol. The average Bonchev–Trinajstić information content (AvgIpc) is 3.24. The first-order valence-electron chi connectivity index (χ1n) is 8.61. The molecule has 26 heavy (non-hydrogen) atoms. The van der Waals surface area contributed by atoms with Gasteiger partial charge >= 0.3 is 0 Å². The lowest BCUT2D eigenvalue weighted by Gasteiger charge is -2.26. The van der Waals surface area contributed by atoms with Crippen LogP contribution >= 0.6 is 11.3 Å². The van der Waals surface area contributed by atoms with Gasteiger partial charge in [-0.05, 0) is 11.4 Å². The normalized spacial score (nSPS) is 15.1. The van der Waals surface area contributed by atoms with E-state index in [2.05, 4.69) is 31.2 Å². The summed E-state index contributed by atoms with van der Waals surface area (Å²) in [6.07, 6.45) is 6.91. The largest absolute Gasteiger partial charge is 0.379 e. The fourth-order valence-corrected chi connectivity index (χ4v) is 3.57. The Kier molecular flexibility index (Phi) is 5.44. The number of nitrogens with one attached hydrogen (secondary N) is 1. The van der Waals surface area contributed by atoms with E-state index in [0.29, 0.717) is 5.95 Å². The van der Waals surface area contributed by atoms with Crippen LogP contribution in [0.5, 0.6) is 0 Å². The maximum atomic E-state index is 5.38. The Morgan fingerprint density at radius 2 is 2.08 bits per heavy atom. The van der Waals surface area contributed by atoms with Crippen molar-refractivity contribution in [1.29, 1.82) is 0 Å². The molecule has 3 aromatic rings. The number of morpholine rings is 1. The third-order valence-corrected chi connectivity index (χ3v) is 5.07. The molecule has 1 saturated heterocycles. The number of hydrogen-bond donors (Lipinski definition) is 1. The van der Waals surface area contributed by atoms with E-state index in [-0.39, 0.29) is 0 Å². The summed E-state index contributed by atoms with van der Waals surface area (Å²) in [6.45, 7) is 5.34. The van der Waals surface area contributed by atoms with Crippen molar-refractivity contribution in [3.8, 4) is 21.8 Å². The molecule has 0 aliphatic carbocycles. The van der Waals surface area contributed by atoms with Gasteiger partial charge in [-0.3, -0.25) is 14.9 Å². The summed E-state index contributed by atoms with van der Waals surface area (Å²) >= 11 is 1.65. The molecule has 1 N–H and O–H groups in total. The maximum absolute atomic E-state index is 5.38. The Morgan fingerprint density at radius 3 is 2.85 bits per heavy atom. The lowest BCUT2D eigenvalue weighted by molar-refractivity contribution is 0.0398. The van der Waals surface area contributed by atoms with Crippen molar-refractivity contribution in [2.45, 2.75) is 0 Å². The van der Waals surface area contributed by atoms with Crippen LogP contribution in [0.3, 0.4) is 0 Å². The van der Waals surface area contributed by atoms with Crippen LogP contribution in [0.2, 0.25) is 0 Å². The van der Waals surface area contributed by atoms with Gasteiger partial charge in [0.2, 0.25) is 5.95 Å². The molecule has 0 aromatic carbocycles. The highest BCUT2D eigenvalue weighted by Crippen LogP contribution is 2.32. The van der Waals surface area contributed by atoms with E-state index >= 15 is 0 Å². The molecule has 134 valence electrons. The molecule has 3 aromatic heterocycles. The summed E-state index contributed by atoms with van der Waals surface area (Å²) < 4.78 is 5.38. The molecule has 0 unspecified atom stereocenters. The van der Waals surface area contributed by atoms with E-state index in [1.54, 1.807) is 29.9 Å². The average molecular weight is 368 g/mol. The van der Waals surface area contributed by atoms with E-state index < -0.39 is 0 Å². The number of rotatable bonds is 6. The Labute approximate surface area is 156 Å². The molecule has 1 aliphatic heterocycles. The molecular formula is C18H20N6OS. The first-order chi connectivity index (χ1) is 12.9. The first-order valence-corrected chi connectivity index (χ1v) is 9.49. The van der Waals surface area contributed by atoms with Gasteiger partial charge in [-0.2, -0.15) is 0 Å². The topological polar surface area (TPSA) is 76.1 Å². The van der Waals surface area contributed by atoms with Gasteiger partial charge in [0.05, 0.1) is 35.7 Å². The number of aromatic nitrogens is 4. The lowest BCUT2D eigenvalue weighted by Crippen LogP contribution is -2.39. The van der Waals surface area contributed by atoms with Crippen molar-refractivity contribution >= 4 is 17.3 Å². The minimum Gasteiger partial charge on any atom is -0.379 e. The lowest BCUT2D eigenvalue weighted by atomic mass is 10.1. The quantitative estimate of drug-likeness (QED) is 0.716. The molecule has 0 amide bonds. The van der Waals surface area contributed by atoms with Crippen molar-refractivity contribution in [1.82, 2.24) is 24.8 Å². The molecule has 0 radical (unpaired) electrons. The standard InChI is InChI=1S/C18H20N6OS/c1-2-16(26-11-1)17-14(15-13-19-3-4-20-15)12-22-18(23-17)21-5-6-24-7-9-25-10-8-24/h1-4,11-13H,5-10H2,(H,21,22,23). The van der Waals surface area contributed by atoms with Gasteiger partial charge in [0, 0.05) is 50.3 Å². The second kappa shape index (κ2) is 8.31. The van der Waals surface area contributed by atoms with Crippen LogP contribution in [0.4, 0.5) is 5.95 Å². The van der Waals surface area contributed by atoms with Crippen LogP contribution in [-0.4, -0.2) is 64.2 Å². The van der Waals surface area contributed by atoms with Gasteiger partial charge in [-0.1, -0.05) is 6.07 Å². The summed E-state index contributed by atoms with van der Waals surface area (Å²) in [7, 11) is 0. The van der Waals surface area contributed by atoms with E-state index in [1.165, 1.54) is 0 Å². The van der Waals surface area contributed by atoms with Gasteiger partial charge in [-0.25, -0.2) is 9.97 Å². The zero-order valence-electron chi connectivity index (χ0n) is 14.3. The van der Waals surface area contributed by atoms with E-state index in [9.17, 15) is 0 Å². The van der Waals surface area contributed by atoms with Crippen molar-refractivity contribution in [2.24, 2.45) is 0 Å². The maximum Gasteiger partial charge on any atom is 0.223 e. The molecule has 8 heteroatoms. The molecule has 1 aliphatic rings. The fraction of sp³-hybridized carbons (Fsp3) is 0.333. The Bertz CT molecular complexity index is 821. The van der Waals surface area contributed by atoms with Crippen LogP contribution in [0.15, 0.2) is 42.3 Å². The van der Waals surface area contributed by atoms with Crippen molar-refractivity contribution in [3.63, 3.8) is 0 Å². The highest BCUT2D eigenvalue weighted by atomic mass is 32.1. The van der Waals surface area contributed by atoms with E-state index in [4.69, 9.17) is 9.72 Å². The molecule has 0 atom stereocenters. The number of nitrogens with zero attached hydrogens (tertiary/aromatic N) is 5. The summed E-state index contributed by atoms with van der Waals surface area (Å²) in [5.74, 6) is 0.634. The van der Waals surface area contributed by atoms with Crippen LogP contribution in [0.25, 0.3) is 21.8 Å². The second-order valence-corrected chi connectivity index (χ2v) is 6.85. The molecule has 0 saturated carbocycles. The van der Waals surface area contributed by atoms with Gasteiger partial charge in [0.25, 0.3) is 0 Å². The zero-order valence-corrected chi connectivity index (χ0v) is 15.2. The SMILES string of the molecule is c1csc(-c2nc(NCCN3CCOCC3)ncc2-c2cnccn2)c1. The van der Waals surface area contributed by atoms with Crippen molar-refractivity contribution in [2.75, 3.05) is 44.7 Å². The van der Waals surface area contributed by atoms with Gasteiger partial charge < -0.3 is 10.1 Å². The molecule has 1 fully saturated rings. The Morgan fingerprint density at radius 1 is 1.15 bits per heavy atom. The minimum atomic E-state index is 0.634. The third-order valence-electron chi connectivity index (χ3n) is 4.20. The molecule has 0 spiro atoms. The van der Waals surface area contributed by atoms with Crippen molar-refractivity contribution < 1.29 is 4.74 Å². The van der Waals surface area contributed by atoms with Gasteiger partial charge in [-0.15, -0.1) is 11.3 Å². The number of thiophene rings is 1. The monoisotopic (exact) mass is 368 g/mol. The highest BCUT2D eigenvalue weighted by molar-refractivity contribution is 7.13. The summed E-state index contributed by atoms with van der Waals surface area (Å²) in [6, 6.07) is 4.08. The molecule has 0 bridgehead atoms.